The van der Waals surface area contributed by atoms with Gasteiger partial charge < -0.3 is 10.6 Å². The van der Waals surface area contributed by atoms with Crippen LogP contribution in [-0.2, 0) is 4.79 Å². The molecule has 2 N–H and O–H groups in total. The molecule has 6 nitrogen and oxygen atoms in total. The first-order valence-corrected chi connectivity index (χ1v) is 11.5. The summed E-state index contributed by atoms with van der Waals surface area (Å²) in [5.41, 5.74) is 4.21. The molecular weight excluding hydrogens is 400 g/mol. The Balaban J connectivity index is 1.47. The van der Waals surface area contributed by atoms with Gasteiger partial charge in [-0.1, -0.05) is 43.2 Å². The van der Waals surface area contributed by atoms with Gasteiger partial charge in [0.25, 0.3) is 5.91 Å². The molecule has 0 bridgehead atoms. The molecular formula is C26H28N4O2. The van der Waals surface area contributed by atoms with Crippen LogP contribution in [0.1, 0.15) is 54.6 Å². The first-order valence-electron chi connectivity index (χ1n) is 11.5. The van der Waals surface area contributed by atoms with Gasteiger partial charge in [-0.15, -0.1) is 0 Å². The second kappa shape index (κ2) is 8.61. The Labute approximate surface area is 188 Å². The van der Waals surface area contributed by atoms with E-state index in [2.05, 4.69) is 10.6 Å². The van der Waals surface area contributed by atoms with Gasteiger partial charge in [0.05, 0.1) is 11.4 Å². The number of rotatable bonds is 6. The lowest BCUT2D eigenvalue weighted by molar-refractivity contribution is -0.117. The minimum atomic E-state index is -0.0349. The molecule has 5 rings (SSSR count). The molecule has 6 heteroatoms. The number of nitrogens with one attached hydrogen (secondary N) is 2. The molecule has 0 aliphatic heterocycles. The predicted octanol–water partition coefficient (Wildman–Crippen LogP) is 4.87. The zero-order chi connectivity index (χ0) is 22.1. The smallest absolute Gasteiger partial charge is 0.251 e. The number of aryl methyl sites for hydroxylation is 1. The highest BCUT2D eigenvalue weighted by atomic mass is 16.2. The number of anilines is 1. The molecule has 2 saturated carbocycles. The van der Waals surface area contributed by atoms with Gasteiger partial charge in [0.2, 0.25) is 5.91 Å². The van der Waals surface area contributed by atoms with Crippen molar-refractivity contribution < 1.29 is 9.59 Å². The maximum atomic E-state index is 12.7. The van der Waals surface area contributed by atoms with E-state index < -0.39 is 0 Å². The highest BCUT2D eigenvalue weighted by Crippen LogP contribution is 2.36. The Morgan fingerprint density at radius 2 is 1.62 bits per heavy atom. The molecule has 164 valence electrons. The lowest BCUT2D eigenvalue weighted by atomic mass is 10.1. The van der Waals surface area contributed by atoms with Crippen molar-refractivity contribution in [3.8, 4) is 16.8 Å². The zero-order valence-corrected chi connectivity index (χ0v) is 18.3. The Kier molecular flexibility index (Phi) is 5.52. The van der Waals surface area contributed by atoms with Crippen LogP contribution in [0.25, 0.3) is 16.8 Å². The molecule has 2 aliphatic rings. The third-order valence-corrected chi connectivity index (χ3v) is 6.38. The molecule has 3 aromatic rings. The van der Waals surface area contributed by atoms with Crippen molar-refractivity contribution in [3.05, 3.63) is 65.9 Å². The molecule has 0 spiro atoms. The third-order valence-electron chi connectivity index (χ3n) is 6.38. The van der Waals surface area contributed by atoms with E-state index in [1.807, 2.05) is 61.5 Å². The van der Waals surface area contributed by atoms with Crippen molar-refractivity contribution in [2.75, 3.05) is 5.32 Å². The van der Waals surface area contributed by atoms with Crippen molar-refractivity contribution in [2.24, 2.45) is 5.92 Å². The molecule has 0 saturated heterocycles. The van der Waals surface area contributed by atoms with Gasteiger partial charge in [0, 0.05) is 23.1 Å². The van der Waals surface area contributed by atoms with Gasteiger partial charge in [-0.25, -0.2) is 4.68 Å². The van der Waals surface area contributed by atoms with Crippen molar-refractivity contribution in [2.45, 2.75) is 51.5 Å². The summed E-state index contributed by atoms with van der Waals surface area (Å²) in [6.45, 7) is 1.95. The van der Waals surface area contributed by atoms with Crippen LogP contribution < -0.4 is 10.6 Å². The third kappa shape index (κ3) is 4.17. The first-order chi connectivity index (χ1) is 15.6. The van der Waals surface area contributed by atoms with Gasteiger partial charge in [-0.05, 0) is 62.4 Å². The fourth-order valence-corrected chi connectivity index (χ4v) is 4.44. The number of aromatic nitrogens is 2. The van der Waals surface area contributed by atoms with E-state index in [-0.39, 0.29) is 23.8 Å². The van der Waals surface area contributed by atoms with Crippen molar-refractivity contribution >= 4 is 17.6 Å². The van der Waals surface area contributed by atoms with Gasteiger partial charge in [-0.3, -0.25) is 9.59 Å². The fraction of sp³-hybridized carbons (Fsp3) is 0.346. The van der Waals surface area contributed by atoms with Crippen LogP contribution in [0.5, 0.6) is 0 Å². The maximum Gasteiger partial charge on any atom is 0.251 e. The van der Waals surface area contributed by atoms with Crippen LogP contribution in [0, 0.1) is 12.8 Å². The van der Waals surface area contributed by atoms with E-state index in [9.17, 15) is 9.59 Å². The van der Waals surface area contributed by atoms with E-state index in [1.54, 1.807) is 4.68 Å². The van der Waals surface area contributed by atoms with Crippen LogP contribution >= 0.6 is 0 Å². The number of benzene rings is 2. The van der Waals surface area contributed by atoms with Crippen molar-refractivity contribution in [3.63, 3.8) is 0 Å². The molecule has 0 radical (unpaired) electrons. The number of amides is 2. The summed E-state index contributed by atoms with van der Waals surface area (Å²) < 4.78 is 1.77. The highest BCUT2D eigenvalue weighted by Gasteiger charge is 2.31. The average molecular weight is 429 g/mol. The van der Waals surface area contributed by atoms with E-state index >= 15 is 0 Å². The van der Waals surface area contributed by atoms with E-state index in [0.29, 0.717) is 11.4 Å². The second-order valence-electron chi connectivity index (χ2n) is 8.85. The summed E-state index contributed by atoms with van der Waals surface area (Å²) in [5.74, 6) is 0.765. The number of hydrogen-bond donors (Lipinski definition) is 2. The SMILES string of the molecule is Cc1nn(-c2ccc(C(=O)NC3CCCC3)cc2)c(NC(=O)C2CC2)c1-c1ccccc1. The summed E-state index contributed by atoms with van der Waals surface area (Å²) in [5, 5.41) is 11.0. The molecule has 0 unspecified atom stereocenters. The number of carbonyl (C=O) groups excluding carboxylic acids is 2. The Bertz CT molecular complexity index is 1120. The van der Waals surface area contributed by atoms with Gasteiger partial charge >= 0.3 is 0 Å². The zero-order valence-electron chi connectivity index (χ0n) is 18.3. The van der Waals surface area contributed by atoms with E-state index in [0.717, 1.165) is 48.2 Å². The van der Waals surface area contributed by atoms with E-state index in [4.69, 9.17) is 5.10 Å². The molecule has 2 aromatic carbocycles. The van der Waals surface area contributed by atoms with Gasteiger partial charge in [-0.2, -0.15) is 5.10 Å². The molecule has 2 fully saturated rings. The van der Waals surface area contributed by atoms with Crippen LogP contribution in [0.4, 0.5) is 5.82 Å². The van der Waals surface area contributed by atoms with Crippen LogP contribution in [0.3, 0.4) is 0 Å². The fourth-order valence-electron chi connectivity index (χ4n) is 4.44. The number of hydrogen-bond acceptors (Lipinski definition) is 3. The lowest BCUT2D eigenvalue weighted by Crippen LogP contribution is -2.32. The summed E-state index contributed by atoms with van der Waals surface area (Å²) in [6.07, 6.45) is 6.35. The van der Waals surface area contributed by atoms with Crippen LogP contribution in [-0.4, -0.2) is 27.6 Å². The largest absolute Gasteiger partial charge is 0.349 e. The quantitative estimate of drug-likeness (QED) is 0.588. The van der Waals surface area contributed by atoms with E-state index in [1.165, 1.54) is 12.8 Å². The number of carbonyl (C=O) groups is 2. The summed E-state index contributed by atoms with van der Waals surface area (Å²) in [4.78, 5) is 25.2. The second-order valence-corrected chi connectivity index (χ2v) is 8.85. The molecule has 2 amide bonds. The molecule has 2 aliphatic carbocycles. The molecule has 32 heavy (non-hydrogen) atoms. The molecule has 0 atom stereocenters. The van der Waals surface area contributed by atoms with Crippen LogP contribution in [0.15, 0.2) is 54.6 Å². The normalized spacial score (nSPS) is 16.2. The Morgan fingerprint density at radius 1 is 0.938 bits per heavy atom. The predicted molar refractivity (Wildman–Crippen MR) is 125 cm³/mol. The maximum absolute atomic E-state index is 12.7. The highest BCUT2D eigenvalue weighted by molar-refractivity contribution is 5.98. The molecule has 1 heterocycles. The minimum Gasteiger partial charge on any atom is -0.349 e. The summed E-state index contributed by atoms with van der Waals surface area (Å²) >= 11 is 0. The summed E-state index contributed by atoms with van der Waals surface area (Å²) in [6, 6.07) is 17.7. The Hall–Kier alpha value is -3.41. The van der Waals surface area contributed by atoms with Gasteiger partial charge in [0.1, 0.15) is 5.82 Å². The lowest BCUT2D eigenvalue weighted by Gasteiger charge is -2.13. The molecule has 1 aromatic heterocycles. The van der Waals surface area contributed by atoms with Crippen LogP contribution in [0.2, 0.25) is 0 Å². The van der Waals surface area contributed by atoms with Crippen molar-refractivity contribution in [1.29, 1.82) is 0 Å². The minimum absolute atomic E-state index is 0.0349. The monoisotopic (exact) mass is 428 g/mol. The first kappa shape index (κ1) is 20.5. The van der Waals surface area contributed by atoms with Gasteiger partial charge in [0.15, 0.2) is 0 Å². The number of nitrogens with zero attached hydrogens (tertiary/aromatic N) is 2. The van der Waals surface area contributed by atoms with Crippen molar-refractivity contribution in [1.82, 2.24) is 15.1 Å². The summed E-state index contributed by atoms with van der Waals surface area (Å²) in [7, 11) is 0. The Morgan fingerprint density at radius 3 is 2.28 bits per heavy atom. The standard InChI is InChI=1S/C26H28N4O2/c1-17-23(18-7-3-2-4-8-18)24(28-26(32)19-11-12-19)30(29-17)22-15-13-20(14-16-22)25(31)27-21-9-5-6-10-21/h2-4,7-8,13-16,19,21H,5-6,9-12H2,1H3,(H,27,31)(H,28,32). The average Bonchev–Trinajstić information content (AvgIpc) is 3.46. The topological polar surface area (TPSA) is 76.0 Å².